The Balaban J connectivity index is 0.00000147. The fourth-order valence-corrected chi connectivity index (χ4v) is 3.83. The minimum absolute atomic E-state index is 0. The number of hydrogen-bond acceptors (Lipinski definition) is 3. The summed E-state index contributed by atoms with van der Waals surface area (Å²) in [6.07, 6.45) is 4.35. The molecule has 0 amide bonds. The van der Waals surface area contributed by atoms with Crippen LogP contribution in [0.3, 0.4) is 0 Å². The van der Waals surface area contributed by atoms with Gasteiger partial charge < -0.3 is 5.73 Å². The summed E-state index contributed by atoms with van der Waals surface area (Å²) >= 11 is 1.65. The predicted molar refractivity (Wildman–Crippen MR) is 83.8 cm³/mol. The Hall–Kier alpha value is -0.970. The van der Waals surface area contributed by atoms with Crippen LogP contribution in [0.25, 0.3) is 11.3 Å². The molecule has 0 unspecified atom stereocenters. The number of nitrogens with two attached hydrogens (primary N) is 1. The van der Waals surface area contributed by atoms with Gasteiger partial charge in [-0.2, -0.15) is 0 Å². The van der Waals surface area contributed by atoms with E-state index in [2.05, 4.69) is 0 Å². The monoisotopic (exact) mass is 312 g/mol. The number of nitrogens with zero attached hydrogens (tertiary/aromatic N) is 1. The fourth-order valence-electron chi connectivity index (χ4n) is 2.73. The van der Waals surface area contributed by atoms with Crippen molar-refractivity contribution in [3.8, 4) is 11.3 Å². The number of hydrogen-bond donors (Lipinski definition) is 1. The Bertz CT molecular complexity index is 606. The SMILES string of the molecule is Cc1sc(C2(N)CCCC2)nc1-c1cccc(F)c1.Cl. The standard InChI is InChI=1S/C15H17FN2S.ClH/c1-10-13(11-5-4-6-12(16)9-11)18-14(19-10)15(17)7-2-3-8-15;/h4-6,9H,2-3,7-8,17H2,1H3;1H. The van der Waals surface area contributed by atoms with Crippen molar-refractivity contribution in [3.05, 3.63) is 40.0 Å². The molecule has 0 bridgehead atoms. The quantitative estimate of drug-likeness (QED) is 0.892. The molecule has 1 fully saturated rings. The molecule has 1 heterocycles. The maximum atomic E-state index is 13.3. The van der Waals surface area contributed by atoms with E-state index >= 15 is 0 Å². The van der Waals surface area contributed by atoms with Gasteiger partial charge in [0.25, 0.3) is 0 Å². The van der Waals surface area contributed by atoms with Gasteiger partial charge in [-0.05, 0) is 31.9 Å². The average Bonchev–Trinajstić information content (AvgIpc) is 2.97. The maximum absolute atomic E-state index is 13.3. The molecule has 2 N–H and O–H groups in total. The van der Waals surface area contributed by atoms with Crippen LogP contribution in [-0.4, -0.2) is 4.98 Å². The second kappa shape index (κ2) is 5.80. The molecule has 0 saturated heterocycles. The Kier molecular flexibility index (Phi) is 4.47. The van der Waals surface area contributed by atoms with E-state index in [1.54, 1.807) is 17.4 Å². The Morgan fingerprint density at radius 2 is 2.00 bits per heavy atom. The first kappa shape index (κ1) is 15.4. The predicted octanol–water partition coefficient (Wildman–Crippen LogP) is 4.41. The molecule has 2 nitrogen and oxygen atoms in total. The van der Waals surface area contributed by atoms with Crippen LogP contribution in [0.5, 0.6) is 0 Å². The van der Waals surface area contributed by atoms with E-state index in [0.717, 1.165) is 34.0 Å². The van der Waals surface area contributed by atoms with Gasteiger partial charge in [0.15, 0.2) is 0 Å². The van der Waals surface area contributed by atoms with Gasteiger partial charge in [0, 0.05) is 10.4 Å². The van der Waals surface area contributed by atoms with Gasteiger partial charge in [-0.25, -0.2) is 9.37 Å². The molecule has 5 heteroatoms. The molecule has 20 heavy (non-hydrogen) atoms. The average molecular weight is 313 g/mol. The summed E-state index contributed by atoms with van der Waals surface area (Å²) in [5, 5.41) is 1.00. The lowest BCUT2D eigenvalue weighted by molar-refractivity contribution is 0.459. The molecule has 0 atom stereocenters. The molecule has 1 saturated carbocycles. The van der Waals surface area contributed by atoms with Crippen molar-refractivity contribution in [2.75, 3.05) is 0 Å². The van der Waals surface area contributed by atoms with Gasteiger partial charge in [0.1, 0.15) is 10.8 Å². The maximum Gasteiger partial charge on any atom is 0.123 e. The van der Waals surface area contributed by atoms with Gasteiger partial charge in [-0.1, -0.05) is 25.0 Å². The minimum atomic E-state index is -0.263. The first-order valence-electron chi connectivity index (χ1n) is 6.61. The molecule has 0 aliphatic heterocycles. The van der Waals surface area contributed by atoms with Crippen LogP contribution in [0.1, 0.15) is 35.6 Å². The first-order valence-corrected chi connectivity index (χ1v) is 7.43. The van der Waals surface area contributed by atoms with Crippen molar-refractivity contribution in [3.63, 3.8) is 0 Å². The fraction of sp³-hybridized carbons (Fsp3) is 0.400. The molecular weight excluding hydrogens is 295 g/mol. The highest BCUT2D eigenvalue weighted by molar-refractivity contribution is 7.12. The van der Waals surface area contributed by atoms with Crippen LogP contribution in [0.4, 0.5) is 4.39 Å². The lowest BCUT2D eigenvalue weighted by atomic mass is 10.0. The Labute approximate surface area is 128 Å². The van der Waals surface area contributed by atoms with E-state index in [4.69, 9.17) is 10.7 Å². The van der Waals surface area contributed by atoms with Crippen molar-refractivity contribution in [2.24, 2.45) is 5.73 Å². The zero-order valence-electron chi connectivity index (χ0n) is 11.4. The van der Waals surface area contributed by atoms with Gasteiger partial charge in [0.05, 0.1) is 11.2 Å². The highest BCUT2D eigenvalue weighted by atomic mass is 35.5. The number of benzene rings is 1. The van der Waals surface area contributed by atoms with Crippen LogP contribution in [0.2, 0.25) is 0 Å². The van der Waals surface area contributed by atoms with Crippen LogP contribution < -0.4 is 5.73 Å². The first-order chi connectivity index (χ1) is 9.08. The van der Waals surface area contributed by atoms with Crippen molar-refractivity contribution < 1.29 is 4.39 Å². The summed E-state index contributed by atoms with van der Waals surface area (Å²) < 4.78 is 13.3. The van der Waals surface area contributed by atoms with Crippen LogP contribution in [0.15, 0.2) is 24.3 Å². The molecule has 1 aliphatic carbocycles. The van der Waals surface area contributed by atoms with E-state index in [-0.39, 0.29) is 23.8 Å². The Morgan fingerprint density at radius 3 is 2.65 bits per heavy atom. The van der Waals surface area contributed by atoms with Crippen LogP contribution in [0, 0.1) is 12.7 Å². The van der Waals surface area contributed by atoms with E-state index in [1.807, 2.05) is 13.0 Å². The van der Waals surface area contributed by atoms with Gasteiger partial charge in [0.2, 0.25) is 0 Å². The summed E-state index contributed by atoms with van der Waals surface area (Å²) in [7, 11) is 0. The second-order valence-corrected chi connectivity index (χ2v) is 6.50. The van der Waals surface area contributed by atoms with Crippen molar-refractivity contribution in [1.82, 2.24) is 4.98 Å². The second-order valence-electron chi connectivity index (χ2n) is 5.30. The lowest BCUT2D eigenvalue weighted by Gasteiger charge is -2.19. The van der Waals surface area contributed by atoms with Crippen LogP contribution >= 0.6 is 23.7 Å². The summed E-state index contributed by atoms with van der Waals surface area (Å²) in [5.41, 5.74) is 7.89. The van der Waals surface area contributed by atoms with Gasteiger partial charge >= 0.3 is 0 Å². The molecule has 3 rings (SSSR count). The lowest BCUT2D eigenvalue weighted by Crippen LogP contribution is -2.32. The summed E-state index contributed by atoms with van der Waals surface area (Å²) in [5.74, 6) is -0.227. The summed E-state index contributed by atoms with van der Waals surface area (Å²) in [6.45, 7) is 2.03. The molecule has 1 aromatic heterocycles. The van der Waals surface area contributed by atoms with Crippen LogP contribution in [-0.2, 0) is 5.54 Å². The van der Waals surface area contributed by atoms with E-state index < -0.39 is 0 Å². The molecule has 1 aromatic carbocycles. The molecule has 108 valence electrons. The molecule has 1 aliphatic rings. The largest absolute Gasteiger partial charge is 0.319 e. The van der Waals surface area contributed by atoms with E-state index in [9.17, 15) is 4.39 Å². The van der Waals surface area contributed by atoms with E-state index in [1.165, 1.54) is 25.0 Å². The highest BCUT2D eigenvalue weighted by Gasteiger charge is 2.34. The number of aryl methyl sites for hydroxylation is 1. The normalized spacial score (nSPS) is 16.9. The zero-order valence-corrected chi connectivity index (χ0v) is 13.0. The van der Waals surface area contributed by atoms with Gasteiger partial charge in [-0.3, -0.25) is 0 Å². The minimum Gasteiger partial charge on any atom is -0.319 e. The molecule has 0 spiro atoms. The number of halogens is 2. The summed E-state index contributed by atoms with van der Waals surface area (Å²) in [6, 6.07) is 6.60. The number of aromatic nitrogens is 1. The van der Waals surface area contributed by atoms with Gasteiger partial charge in [-0.15, -0.1) is 23.7 Å². The third-order valence-corrected chi connectivity index (χ3v) is 5.01. The molecular formula is C15H18ClFN2S. The summed E-state index contributed by atoms with van der Waals surface area (Å²) in [4.78, 5) is 5.81. The van der Waals surface area contributed by atoms with Crippen molar-refractivity contribution >= 4 is 23.7 Å². The van der Waals surface area contributed by atoms with Crippen molar-refractivity contribution in [2.45, 2.75) is 38.1 Å². The molecule has 2 aromatic rings. The van der Waals surface area contributed by atoms with Crippen molar-refractivity contribution in [1.29, 1.82) is 0 Å². The number of rotatable bonds is 2. The highest BCUT2D eigenvalue weighted by Crippen LogP contribution is 2.40. The topological polar surface area (TPSA) is 38.9 Å². The molecule has 0 radical (unpaired) electrons. The zero-order chi connectivity index (χ0) is 13.5. The smallest absolute Gasteiger partial charge is 0.123 e. The Morgan fingerprint density at radius 1 is 1.30 bits per heavy atom. The third kappa shape index (κ3) is 2.73. The number of thiazole rings is 1. The third-order valence-electron chi connectivity index (χ3n) is 3.82. The van der Waals surface area contributed by atoms with E-state index in [0.29, 0.717) is 0 Å².